The fourth-order valence-electron chi connectivity index (χ4n) is 2.78. The van der Waals surface area contributed by atoms with Gasteiger partial charge >= 0.3 is 12.2 Å². The monoisotopic (exact) mass is 449 g/mol. The smallest absolute Gasteiger partial charge is 0.425 e. The highest BCUT2D eigenvalue weighted by Gasteiger charge is 2.36. The third-order valence-electron chi connectivity index (χ3n) is 4.23. The number of nitrogens with zero attached hydrogens (tertiary/aromatic N) is 4. The lowest BCUT2D eigenvalue weighted by Gasteiger charge is -2.28. The van der Waals surface area contributed by atoms with E-state index in [1.54, 1.807) is 47.7 Å². The highest BCUT2D eigenvalue weighted by molar-refractivity contribution is 6.21. The number of imide groups is 1. The molecule has 31 heavy (non-hydrogen) atoms. The number of amides is 2. The first-order chi connectivity index (χ1) is 14.4. The largest absolute Gasteiger partial charge is 0.443 e. The van der Waals surface area contributed by atoms with Crippen molar-refractivity contribution in [2.24, 2.45) is 5.92 Å². The van der Waals surface area contributed by atoms with Gasteiger partial charge in [-0.3, -0.25) is 5.10 Å². The molecule has 0 aliphatic heterocycles. The van der Waals surface area contributed by atoms with E-state index < -0.39 is 23.4 Å². The van der Waals surface area contributed by atoms with Gasteiger partial charge in [-0.2, -0.15) is 10.00 Å². The van der Waals surface area contributed by atoms with Crippen molar-refractivity contribution in [1.29, 1.82) is 0 Å². The number of carbonyl (C=O) groups is 2. The average molecular weight is 450 g/mol. The van der Waals surface area contributed by atoms with Crippen molar-refractivity contribution in [3.8, 4) is 11.4 Å². The molecule has 1 fully saturated rings. The molecule has 2 heterocycles. The van der Waals surface area contributed by atoms with E-state index in [-0.39, 0.29) is 17.0 Å². The van der Waals surface area contributed by atoms with Crippen LogP contribution in [0.5, 0.6) is 0 Å². The molecule has 0 radical (unpaired) electrons. The minimum absolute atomic E-state index is 0.0261. The highest BCUT2D eigenvalue weighted by atomic mass is 35.5. The molecule has 1 saturated carbocycles. The second kappa shape index (κ2) is 8.45. The summed E-state index contributed by atoms with van der Waals surface area (Å²) in [5.74, 6) is 0.676. The van der Waals surface area contributed by atoms with Gasteiger partial charge in [0.25, 0.3) is 0 Å². The number of hydrogen-bond acceptors (Lipinski definition) is 7. The Balaban J connectivity index is 1.98. The molecular weight excluding hydrogens is 422 g/mol. The standard InChI is InChI=1S/C21H28ClN5O4/c1-20(2,3)30-18(28)27(19(29)31-21(4,5)6)14-9-10-23-17(25-14)13-11-24-26-16(13)15(22)12-7-8-12/h9-12,15H,7-8H2,1-6H3,(H,24,26). The molecule has 1 aliphatic rings. The van der Waals surface area contributed by atoms with Crippen molar-refractivity contribution >= 4 is 29.6 Å². The van der Waals surface area contributed by atoms with Crippen LogP contribution in [0, 0.1) is 5.92 Å². The van der Waals surface area contributed by atoms with Gasteiger partial charge < -0.3 is 9.47 Å². The van der Waals surface area contributed by atoms with Crippen LogP contribution >= 0.6 is 11.6 Å². The topological polar surface area (TPSA) is 110 Å². The molecule has 0 saturated heterocycles. The number of nitrogens with one attached hydrogen (secondary N) is 1. The summed E-state index contributed by atoms with van der Waals surface area (Å²) < 4.78 is 10.8. The van der Waals surface area contributed by atoms with Crippen molar-refractivity contribution in [2.45, 2.75) is 71.0 Å². The Kier molecular flexibility index (Phi) is 6.27. The van der Waals surface area contributed by atoms with Crippen molar-refractivity contribution in [3.63, 3.8) is 0 Å². The summed E-state index contributed by atoms with van der Waals surface area (Å²) >= 11 is 6.55. The quantitative estimate of drug-likeness (QED) is 0.636. The molecule has 3 rings (SSSR count). The third-order valence-corrected chi connectivity index (χ3v) is 4.79. The second-order valence-corrected chi connectivity index (χ2v) is 9.93. The van der Waals surface area contributed by atoms with Crippen molar-refractivity contribution in [3.05, 3.63) is 24.2 Å². The first-order valence-electron chi connectivity index (χ1n) is 10.1. The van der Waals surface area contributed by atoms with Crippen LogP contribution in [-0.2, 0) is 9.47 Å². The van der Waals surface area contributed by atoms with Gasteiger partial charge in [0.2, 0.25) is 0 Å². The first-order valence-corrected chi connectivity index (χ1v) is 10.6. The van der Waals surface area contributed by atoms with Gasteiger partial charge in [0.1, 0.15) is 11.2 Å². The van der Waals surface area contributed by atoms with E-state index in [0.29, 0.717) is 17.2 Å². The predicted molar refractivity (Wildman–Crippen MR) is 116 cm³/mol. The zero-order chi connectivity index (χ0) is 23.0. The number of hydrogen-bond donors (Lipinski definition) is 1. The molecule has 168 valence electrons. The van der Waals surface area contributed by atoms with Gasteiger partial charge in [0, 0.05) is 18.5 Å². The van der Waals surface area contributed by atoms with Crippen LogP contribution in [-0.4, -0.2) is 43.6 Å². The molecule has 1 aliphatic carbocycles. The fourth-order valence-corrected chi connectivity index (χ4v) is 3.20. The highest BCUT2D eigenvalue weighted by Crippen LogP contribution is 2.46. The van der Waals surface area contributed by atoms with Crippen LogP contribution in [0.1, 0.15) is 65.5 Å². The number of halogens is 1. The maximum atomic E-state index is 12.9. The summed E-state index contributed by atoms with van der Waals surface area (Å²) in [6, 6.07) is 1.44. The van der Waals surface area contributed by atoms with Gasteiger partial charge in [-0.25, -0.2) is 19.6 Å². The Hall–Kier alpha value is -2.68. The molecule has 2 amide bonds. The zero-order valence-corrected chi connectivity index (χ0v) is 19.4. The van der Waals surface area contributed by atoms with Crippen molar-refractivity contribution < 1.29 is 19.1 Å². The Morgan fingerprint density at radius 3 is 2.23 bits per heavy atom. The number of alkyl halides is 1. The van der Waals surface area contributed by atoms with Gasteiger partial charge in [-0.1, -0.05) is 0 Å². The number of anilines is 1. The Bertz CT molecular complexity index is 931. The molecule has 2 aromatic heterocycles. The van der Waals surface area contributed by atoms with Crippen molar-refractivity contribution in [2.75, 3.05) is 4.90 Å². The summed E-state index contributed by atoms with van der Waals surface area (Å²) in [6.07, 6.45) is 3.41. The van der Waals surface area contributed by atoms with E-state index in [1.165, 1.54) is 12.3 Å². The first kappa shape index (κ1) is 23.0. The molecule has 2 aromatic rings. The normalized spacial score (nSPS) is 15.3. The van der Waals surface area contributed by atoms with Crippen molar-refractivity contribution in [1.82, 2.24) is 20.2 Å². The van der Waals surface area contributed by atoms with Crippen LogP contribution in [0.25, 0.3) is 11.4 Å². The van der Waals surface area contributed by atoms with Gasteiger partial charge in [-0.05, 0) is 60.3 Å². The Labute approximate surface area is 186 Å². The number of aromatic amines is 1. The maximum Gasteiger partial charge on any atom is 0.425 e. The summed E-state index contributed by atoms with van der Waals surface area (Å²) in [5, 5.41) is 6.80. The summed E-state index contributed by atoms with van der Waals surface area (Å²) in [5.41, 5.74) is -0.383. The van der Waals surface area contributed by atoms with E-state index in [9.17, 15) is 9.59 Å². The Morgan fingerprint density at radius 1 is 1.13 bits per heavy atom. The molecule has 0 spiro atoms. The lowest BCUT2D eigenvalue weighted by Crippen LogP contribution is -2.44. The summed E-state index contributed by atoms with van der Waals surface area (Å²) in [7, 11) is 0. The van der Waals surface area contributed by atoms with E-state index in [1.807, 2.05) is 0 Å². The molecule has 9 nitrogen and oxygen atoms in total. The zero-order valence-electron chi connectivity index (χ0n) is 18.6. The summed E-state index contributed by atoms with van der Waals surface area (Å²) in [4.78, 5) is 35.2. The number of aromatic nitrogens is 4. The van der Waals surface area contributed by atoms with E-state index in [0.717, 1.165) is 17.7 Å². The van der Waals surface area contributed by atoms with E-state index in [4.69, 9.17) is 21.1 Å². The molecular formula is C21H28ClN5O4. The minimum atomic E-state index is -0.896. The van der Waals surface area contributed by atoms with Crippen LogP contribution < -0.4 is 4.90 Å². The number of ether oxygens (including phenoxy) is 2. The van der Waals surface area contributed by atoms with Crippen LogP contribution in [0.15, 0.2) is 18.5 Å². The average Bonchev–Trinajstić information content (AvgIpc) is 3.35. The Morgan fingerprint density at radius 2 is 1.71 bits per heavy atom. The molecule has 0 bridgehead atoms. The molecule has 0 aromatic carbocycles. The molecule has 1 unspecified atom stereocenters. The van der Waals surface area contributed by atoms with Crippen LogP contribution in [0.4, 0.5) is 15.4 Å². The molecule has 1 N–H and O–H groups in total. The maximum absolute atomic E-state index is 12.9. The number of H-pyrrole nitrogens is 1. The second-order valence-electron chi connectivity index (χ2n) is 9.46. The van der Waals surface area contributed by atoms with Gasteiger partial charge in [0.05, 0.1) is 16.6 Å². The van der Waals surface area contributed by atoms with E-state index in [2.05, 4.69) is 20.2 Å². The molecule has 1 atom stereocenters. The van der Waals surface area contributed by atoms with Crippen LogP contribution in [0.3, 0.4) is 0 Å². The third kappa shape index (κ3) is 5.94. The fraction of sp³-hybridized carbons (Fsp3) is 0.571. The van der Waals surface area contributed by atoms with E-state index >= 15 is 0 Å². The summed E-state index contributed by atoms with van der Waals surface area (Å²) in [6.45, 7) is 10.2. The lowest BCUT2D eigenvalue weighted by atomic mass is 10.1. The molecule has 10 heteroatoms. The lowest BCUT2D eigenvalue weighted by molar-refractivity contribution is 0.0429. The minimum Gasteiger partial charge on any atom is -0.443 e. The number of carbonyl (C=O) groups excluding carboxylic acids is 2. The number of rotatable bonds is 4. The van der Waals surface area contributed by atoms with Crippen LogP contribution in [0.2, 0.25) is 0 Å². The van der Waals surface area contributed by atoms with Gasteiger partial charge in [0.15, 0.2) is 11.6 Å². The SMILES string of the molecule is CC(C)(C)OC(=O)N(C(=O)OC(C)(C)C)c1ccnc(-c2c[nH]nc2C(Cl)C2CC2)n1. The van der Waals surface area contributed by atoms with Gasteiger partial charge in [-0.15, -0.1) is 11.6 Å². The predicted octanol–water partition coefficient (Wildman–Crippen LogP) is 5.23.